The zero-order chi connectivity index (χ0) is 14.4. The van der Waals surface area contributed by atoms with Crippen LogP contribution >= 0.6 is 11.6 Å². The van der Waals surface area contributed by atoms with E-state index in [-0.39, 0.29) is 6.04 Å². The van der Waals surface area contributed by atoms with Gasteiger partial charge in [-0.3, -0.25) is 0 Å². The van der Waals surface area contributed by atoms with Crippen LogP contribution in [-0.2, 0) is 6.42 Å². The molecule has 0 saturated heterocycles. The molecule has 0 radical (unpaired) electrons. The second-order valence-electron chi connectivity index (χ2n) is 5.23. The van der Waals surface area contributed by atoms with Crippen molar-refractivity contribution in [3.63, 3.8) is 0 Å². The summed E-state index contributed by atoms with van der Waals surface area (Å²) < 4.78 is 0. The van der Waals surface area contributed by atoms with Crippen molar-refractivity contribution in [3.8, 4) is 0 Å². The van der Waals surface area contributed by atoms with E-state index in [9.17, 15) is 0 Å². The van der Waals surface area contributed by atoms with Gasteiger partial charge >= 0.3 is 0 Å². The highest BCUT2D eigenvalue weighted by Crippen LogP contribution is 2.27. The Morgan fingerprint density at radius 1 is 1.16 bits per heavy atom. The summed E-state index contributed by atoms with van der Waals surface area (Å²) in [7, 11) is 2.17. The monoisotopic (exact) mass is 282 g/mol. The van der Waals surface area contributed by atoms with Gasteiger partial charge in [-0.25, -0.2) is 0 Å². The van der Waals surface area contributed by atoms with Gasteiger partial charge in [0.05, 0.1) is 0 Å². The summed E-state index contributed by atoms with van der Waals surface area (Å²) >= 11 is 6.14. The van der Waals surface area contributed by atoms with Crippen LogP contribution in [0.15, 0.2) is 18.2 Å². The maximum atomic E-state index is 6.14. The Morgan fingerprint density at radius 2 is 1.79 bits per heavy atom. The molecule has 0 saturated carbocycles. The van der Waals surface area contributed by atoms with Crippen LogP contribution in [0.2, 0.25) is 5.02 Å². The maximum absolute atomic E-state index is 6.14. The lowest BCUT2D eigenvalue weighted by Gasteiger charge is -2.31. The number of hydrogen-bond acceptors (Lipinski definition) is 2. The molecule has 0 aromatic heterocycles. The van der Waals surface area contributed by atoms with Gasteiger partial charge in [0.25, 0.3) is 0 Å². The molecule has 3 heteroatoms. The van der Waals surface area contributed by atoms with Gasteiger partial charge in [-0.1, -0.05) is 32.4 Å². The molecule has 0 spiro atoms. The van der Waals surface area contributed by atoms with Crippen molar-refractivity contribution >= 4 is 17.3 Å². The molecule has 0 aliphatic carbocycles. The largest absolute Gasteiger partial charge is 0.371 e. The quantitative estimate of drug-likeness (QED) is 0.810. The molecule has 1 rings (SSSR count). The molecule has 1 unspecified atom stereocenters. The molecule has 19 heavy (non-hydrogen) atoms. The lowest BCUT2D eigenvalue weighted by Crippen LogP contribution is -2.32. The van der Waals surface area contributed by atoms with Crippen LogP contribution in [0.5, 0.6) is 0 Å². The summed E-state index contributed by atoms with van der Waals surface area (Å²) in [5.41, 5.74) is 8.63. The van der Waals surface area contributed by atoms with Gasteiger partial charge in [0.2, 0.25) is 0 Å². The first-order chi connectivity index (χ1) is 9.03. The Kier molecular flexibility index (Phi) is 6.67. The number of nitrogens with two attached hydrogens (primary N) is 1. The fourth-order valence-electron chi connectivity index (χ4n) is 2.52. The molecule has 2 N–H and O–H groups in total. The van der Waals surface area contributed by atoms with E-state index in [2.05, 4.69) is 44.9 Å². The maximum Gasteiger partial charge on any atom is 0.0410 e. The van der Waals surface area contributed by atoms with Gasteiger partial charge in [-0.05, 0) is 49.4 Å². The SMILES string of the molecule is CCC(N)Cc1cc(Cl)ccc1N(C)C(CC)CC. The molecule has 0 heterocycles. The molecule has 0 fully saturated rings. The number of rotatable bonds is 7. The van der Waals surface area contributed by atoms with Crippen molar-refractivity contribution in [2.75, 3.05) is 11.9 Å². The third-order valence-electron chi connectivity index (χ3n) is 3.92. The van der Waals surface area contributed by atoms with Crippen molar-refractivity contribution in [2.24, 2.45) is 5.73 Å². The van der Waals surface area contributed by atoms with Crippen LogP contribution in [0.4, 0.5) is 5.69 Å². The van der Waals surface area contributed by atoms with E-state index in [1.54, 1.807) is 0 Å². The van der Waals surface area contributed by atoms with Crippen molar-refractivity contribution in [3.05, 3.63) is 28.8 Å². The summed E-state index contributed by atoms with van der Waals surface area (Å²) in [6, 6.07) is 6.92. The van der Waals surface area contributed by atoms with E-state index >= 15 is 0 Å². The van der Waals surface area contributed by atoms with Gasteiger partial charge in [-0.2, -0.15) is 0 Å². The van der Waals surface area contributed by atoms with Crippen LogP contribution in [-0.4, -0.2) is 19.1 Å². The van der Waals surface area contributed by atoms with Crippen molar-refractivity contribution in [1.29, 1.82) is 0 Å². The minimum Gasteiger partial charge on any atom is -0.371 e. The number of hydrogen-bond donors (Lipinski definition) is 1. The Bertz CT molecular complexity index is 388. The second kappa shape index (κ2) is 7.76. The first-order valence-corrected chi connectivity index (χ1v) is 7.68. The molecule has 0 aliphatic rings. The fourth-order valence-corrected chi connectivity index (χ4v) is 2.72. The Labute approximate surface area is 122 Å². The van der Waals surface area contributed by atoms with Crippen molar-refractivity contribution in [1.82, 2.24) is 0 Å². The van der Waals surface area contributed by atoms with Crippen molar-refractivity contribution < 1.29 is 0 Å². The Hall–Kier alpha value is -0.730. The molecule has 0 amide bonds. The molecule has 1 atom stereocenters. The lowest BCUT2D eigenvalue weighted by molar-refractivity contribution is 0.586. The zero-order valence-electron chi connectivity index (χ0n) is 12.6. The first-order valence-electron chi connectivity index (χ1n) is 7.30. The number of benzene rings is 1. The summed E-state index contributed by atoms with van der Waals surface area (Å²) in [5.74, 6) is 0. The molecule has 0 bridgehead atoms. The normalized spacial score (nSPS) is 12.8. The van der Waals surface area contributed by atoms with Crippen molar-refractivity contribution in [2.45, 2.75) is 58.5 Å². The third kappa shape index (κ3) is 4.39. The minimum atomic E-state index is 0.201. The topological polar surface area (TPSA) is 29.3 Å². The first kappa shape index (κ1) is 16.3. The standard InChI is InChI=1S/C16H27ClN2/c1-5-14(18)11-12-10-13(17)8-9-16(12)19(4)15(6-2)7-3/h8-10,14-15H,5-7,11,18H2,1-4H3. The van der Waals surface area contributed by atoms with E-state index in [1.807, 2.05) is 6.07 Å². The summed E-state index contributed by atoms with van der Waals surface area (Å²) in [6.45, 7) is 6.59. The van der Waals surface area contributed by atoms with Crippen LogP contribution in [0.25, 0.3) is 0 Å². The Balaban J connectivity index is 3.04. The molecular formula is C16H27ClN2. The number of anilines is 1. The highest BCUT2D eigenvalue weighted by atomic mass is 35.5. The van der Waals surface area contributed by atoms with Crippen LogP contribution in [0.3, 0.4) is 0 Å². The third-order valence-corrected chi connectivity index (χ3v) is 4.15. The molecule has 108 valence electrons. The van der Waals surface area contributed by atoms with E-state index in [4.69, 9.17) is 17.3 Å². The number of halogens is 1. The molecule has 1 aromatic carbocycles. The van der Waals surface area contributed by atoms with Gasteiger partial charge in [0.1, 0.15) is 0 Å². The predicted octanol–water partition coefficient (Wildman–Crippen LogP) is 4.24. The van der Waals surface area contributed by atoms with Crippen LogP contribution in [0, 0.1) is 0 Å². The molecule has 0 aliphatic heterocycles. The summed E-state index contributed by atoms with van der Waals surface area (Å²) in [6.07, 6.45) is 4.17. The summed E-state index contributed by atoms with van der Waals surface area (Å²) in [5, 5.41) is 0.792. The lowest BCUT2D eigenvalue weighted by atomic mass is 10.0. The highest BCUT2D eigenvalue weighted by molar-refractivity contribution is 6.30. The second-order valence-corrected chi connectivity index (χ2v) is 5.66. The molecular weight excluding hydrogens is 256 g/mol. The average Bonchev–Trinajstić information content (AvgIpc) is 2.40. The van der Waals surface area contributed by atoms with Gasteiger partial charge in [0, 0.05) is 29.8 Å². The zero-order valence-corrected chi connectivity index (χ0v) is 13.4. The number of nitrogens with zero attached hydrogens (tertiary/aromatic N) is 1. The Morgan fingerprint density at radius 3 is 2.32 bits per heavy atom. The van der Waals surface area contributed by atoms with E-state index in [1.165, 1.54) is 11.3 Å². The van der Waals surface area contributed by atoms with Gasteiger partial charge < -0.3 is 10.6 Å². The smallest absolute Gasteiger partial charge is 0.0410 e. The predicted molar refractivity (Wildman–Crippen MR) is 86.2 cm³/mol. The highest BCUT2D eigenvalue weighted by Gasteiger charge is 2.16. The van der Waals surface area contributed by atoms with Gasteiger partial charge in [-0.15, -0.1) is 0 Å². The van der Waals surface area contributed by atoms with E-state index < -0.39 is 0 Å². The average molecular weight is 283 g/mol. The fraction of sp³-hybridized carbons (Fsp3) is 0.625. The summed E-state index contributed by atoms with van der Waals surface area (Å²) in [4.78, 5) is 2.37. The van der Waals surface area contributed by atoms with E-state index in [0.29, 0.717) is 6.04 Å². The van der Waals surface area contributed by atoms with Crippen LogP contribution in [0.1, 0.15) is 45.6 Å². The molecule has 1 aromatic rings. The minimum absolute atomic E-state index is 0.201. The van der Waals surface area contributed by atoms with Gasteiger partial charge in [0.15, 0.2) is 0 Å². The molecule has 2 nitrogen and oxygen atoms in total. The van der Waals surface area contributed by atoms with Crippen LogP contribution < -0.4 is 10.6 Å². The van der Waals surface area contributed by atoms with E-state index in [0.717, 1.165) is 30.7 Å².